The maximum Gasteiger partial charge on any atom is 0.141 e. The summed E-state index contributed by atoms with van der Waals surface area (Å²) in [6.07, 6.45) is 7.47. The van der Waals surface area contributed by atoms with E-state index in [-0.39, 0.29) is 5.76 Å². The molecule has 0 radical (unpaired) electrons. The number of aliphatic hydroxyl groups excluding tert-OH is 1. The number of allylic oxidation sites excluding steroid dienone is 4. The van der Waals surface area contributed by atoms with Gasteiger partial charge in [0.25, 0.3) is 0 Å². The molecule has 1 aliphatic rings. The molecule has 2 nitrogen and oxygen atoms in total. The van der Waals surface area contributed by atoms with Gasteiger partial charge in [-0.3, -0.25) is 4.99 Å². The van der Waals surface area contributed by atoms with Gasteiger partial charge in [-0.2, -0.15) is 0 Å². The molecule has 0 aliphatic heterocycles. The Balaban J connectivity index is 2.45. The van der Waals surface area contributed by atoms with Crippen LogP contribution in [0.3, 0.4) is 0 Å². The average Bonchev–Trinajstić information content (AvgIpc) is 2.32. The van der Waals surface area contributed by atoms with Crippen molar-refractivity contribution in [2.45, 2.75) is 6.92 Å². The fraction of sp³-hybridized carbons (Fsp3) is 0.133. The van der Waals surface area contributed by atoms with Crippen LogP contribution in [0.1, 0.15) is 11.1 Å². The van der Waals surface area contributed by atoms with Crippen molar-refractivity contribution in [2.24, 2.45) is 4.99 Å². The molecule has 0 unspecified atom stereocenters. The van der Waals surface area contributed by atoms with Crippen LogP contribution >= 0.6 is 0 Å². The van der Waals surface area contributed by atoms with E-state index in [1.54, 1.807) is 13.1 Å². The predicted octanol–water partition coefficient (Wildman–Crippen LogP) is 3.46. The summed E-state index contributed by atoms with van der Waals surface area (Å²) in [5, 5.41) is 9.72. The Hall–Kier alpha value is -2.09. The minimum Gasteiger partial charge on any atom is -0.506 e. The summed E-state index contributed by atoms with van der Waals surface area (Å²) < 4.78 is 0. The SMILES string of the molecule is C/N=C1\C(O)=CC=C\C1=C\c1ccccc1C. The third-order valence-corrected chi connectivity index (χ3v) is 2.77. The van der Waals surface area contributed by atoms with Gasteiger partial charge in [0.1, 0.15) is 11.5 Å². The van der Waals surface area contributed by atoms with Gasteiger partial charge in [-0.1, -0.05) is 36.4 Å². The molecular formula is C15H15NO. The Morgan fingerprint density at radius 1 is 1.24 bits per heavy atom. The lowest BCUT2D eigenvalue weighted by Crippen LogP contribution is -2.07. The number of aryl methyl sites for hydroxylation is 1. The third-order valence-electron chi connectivity index (χ3n) is 2.77. The van der Waals surface area contributed by atoms with Crippen LogP contribution in [0.15, 0.2) is 58.8 Å². The zero-order valence-electron chi connectivity index (χ0n) is 10.0. The molecule has 0 atom stereocenters. The van der Waals surface area contributed by atoms with Gasteiger partial charge in [0.2, 0.25) is 0 Å². The van der Waals surface area contributed by atoms with Crippen LogP contribution in [0.2, 0.25) is 0 Å². The lowest BCUT2D eigenvalue weighted by molar-refractivity contribution is 0.443. The van der Waals surface area contributed by atoms with Crippen LogP contribution in [-0.2, 0) is 0 Å². The molecule has 2 rings (SSSR count). The second-order valence-electron chi connectivity index (χ2n) is 3.94. The van der Waals surface area contributed by atoms with Crippen molar-refractivity contribution in [3.05, 3.63) is 65.0 Å². The van der Waals surface area contributed by atoms with E-state index < -0.39 is 0 Å². The van der Waals surface area contributed by atoms with Crippen LogP contribution in [0, 0.1) is 6.92 Å². The van der Waals surface area contributed by atoms with E-state index in [0.717, 1.165) is 11.1 Å². The molecule has 0 amide bonds. The highest BCUT2D eigenvalue weighted by Gasteiger charge is 2.11. The smallest absolute Gasteiger partial charge is 0.141 e. The molecule has 0 aromatic heterocycles. The minimum absolute atomic E-state index is 0.217. The van der Waals surface area contributed by atoms with Gasteiger partial charge in [0.05, 0.1) is 0 Å². The van der Waals surface area contributed by atoms with Gasteiger partial charge >= 0.3 is 0 Å². The van der Waals surface area contributed by atoms with Crippen molar-refractivity contribution in [2.75, 3.05) is 7.05 Å². The Morgan fingerprint density at radius 3 is 2.71 bits per heavy atom. The minimum atomic E-state index is 0.217. The van der Waals surface area contributed by atoms with E-state index in [0.29, 0.717) is 5.71 Å². The Bertz CT molecular complexity index is 548. The first kappa shape index (κ1) is 11.4. The normalized spacial score (nSPS) is 19.8. The van der Waals surface area contributed by atoms with Crippen molar-refractivity contribution >= 4 is 11.8 Å². The van der Waals surface area contributed by atoms with Crippen molar-refractivity contribution in [3.63, 3.8) is 0 Å². The fourth-order valence-corrected chi connectivity index (χ4v) is 1.83. The van der Waals surface area contributed by atoms with Crippen LogP contribution in [0.25, 0.3) is 6.08 Å². The fourth-order valence-electron chi connectivity index (χ4n) is 1.83. The van der Waals surface area contributed by atoms with Gasteiger partial charge < -0.3 is 5.11 Å². The molecule has 0 spiro atoms. The maximum atomic E-state index is 9.72. The van der Waals surface area contributed by atoms with Crippen molar-refractivity contribution in [1.82, 2.24) is 0 Å². The standard InChI is InChI=1S/C15H15NO/c1-11-6-3-4-7-12(11)10-13-8-5-9-14(17)15(13)16-2/h3-10,17H,1-2H3/b13-10-,16-15-. The summed E-state index contributed by atoms with van der Waals surface area (Å²) >= 11 is 0. The van der Waals surface area contributed by atoms with Crippen LogP contribution in [0.5, 0.6) is 0 Å². The molecule has 0 heterocycles. The van der Waals surface area contributed by atoms with E-state index in [1.807, 2.05) is 30.4 Å². The van der Waals surface area contributed by atoms with Gasteiger partial charge in [-0.05, 0) is 30.2 Å². The molecule has 1 aliphatic carbocycles. The zero-order chi connectivity index (χ0) is 12.3. The molecule has 0 fully saturated rings. The quantitative estimate of drug-likeness (QED) is 0.780. The maximum absolute atomic E-state index is 9.72. The molecule has 1 aromatic rings. The van der Waals surface area contributed by atoms with E-state index in [4.69, 9.17) is 0 Å². The van der Waals surface area contributed by atoms with E-state index >= 15 is 0 Å². The first-order valence-corrected chi connectivity index (χ1v) is 5.54. The predicted molar refractivity (Wildman–Crippen MR) is 72.4 cm³/mol. The Labute approximate surface area is 101 Å². The molecule has 0 bridgehead atoms. The van der Waals surface area contributed by atoms with Gasteiger partial charge in [-0.25, -0.2) is 0 Å². The molecule has 1 N–H and O–H groups in total. The summed E-state index contributed by atoms with van der Waals surface area (Å²) in [5.74, 6) is 0.217. The zero-order valence-corrected chi connectivity index (χ0v) is 10.0. The van der Waals surface area contributed by atoms with E-state index in [1.165, 1.54) is 5.56 Å². The van der Waals surface area contributed by atoms with Crippen molar-refractivity contribution < 1.29 is 5.11 Å². The van der Waals surface area contributed by atoms with E-state index in [2.05, 4.69) is 24.0 Å². The van der Waals surface area contributed by atoms with E-state index in [9.17, 15) is 5.11 Å². The summed E-state index contributed by atoms with van der Waals surface area (Å²) in [6.45, 7) is 2.07. The second-order valence-corrected chi connectivity index (χ2v) is 3.94. The lowest BCUT2D eigenvalue weighted by Gasteiger charge is -2.10. The number of benzene rings is 1. The summed E-state index contributed by atoms with van der Waals surface area (Å²) in [5.41, 5.74) is 3.92. The molecule has 86 valence electrons. The molecule has 2 heteroatoms. The number of hydrogen-bond acceptors (Lipinski definition) is 2. The summed E-state index contributed by atoms with van der Waals surface area (Å²) in [6, 6.07) is 8.14. The van der Waals surface area contributed by atoms with Crippen LogP contribution in [-0.4, -0.2) is 17.9 Å². The molecule has 0 saturated heterocycles. The van der Waals surface area contributed by atoms with Gasteiger partial charge in [0.15, 0.2) is 0 Å². The molecular weight excluding hydrogens is 210 g/mol. The lowest BCUT2D eigenvalue weighted by atomic mass is 9.99. The van der Waals surface area contributed by atoms with Crippen LogP contribution in [0.4, 0.5) is 0 Å². The van der Waals surface area contributed by atoms with Gasteiger partial charge in [-0.15, -0.1) is 0 Å². The summed E-state index contributed by atoms with van der Waals surface area (Å²) in [4.78, 5) is 4.11. The number of aliphatic hydroxyl groups is 1. The highest BCUT2D eigenvalue weighted by Crippen LogP contribution is 2.19. The Kier molecular flexibility index (Phi) is 3.24. The topological polar surface area (TPSA) is 32.6 Å². The number of rotatable bonds is 1. The van der Waals surface area contributed by atoms with Gasteiger partial charge in [0, 0.05) is 12.6 Å². The second kappa shape index (κ2) is 4.83. The number of hydrogen-bond donors (Lipinski definition) is 1. The number of aliphatic imine (C=N–C) groups is 1. The Morgan fingerprint density at radius 2 is 2.00 bits per heavy atom. The van der Waals surface area contributed by atoms with Crippen LogP contribution < -0.4 is 0 Å². The highest BCUT2D eigenvalue weighted by molar-refractivity contribution is 6.16. The van der Waals surface area contributed by atoms with Crippen molar-refractivity contribution in [1.29, 1.82) is 0 Å². The average molecular weight is 225 g/mol. The van der Waals surface area contributed by atoms with Crippen molar-refractivity contribution in [3.8, 4) is 0 Å². The highest BCUT2D eigenvalue weighted by atomic mass is 16.3. The molecule has 1 aromatic carbocycles. The molecule has 0 saturated carbocycles. The third kappa shape index (κ3) is 2.36. The molecule has 17 heavy (non-hydrogen) atoms. The largest absolute Gasteiger partial charge is 0.506 e. The first-order chi connectivity index (χ1) is 8.22. The first-order valence-electron chi connectivity index (χ1n) is 5.54. The summed E-state index contributed by atoms with van der Waals surface area (Å²) in [7, 11) is 1.68. The monoisotopic (exact) mass is 225 g/mol. The number of nitrogens with zero attached hydrogens (tertiary/aromatic N) is 1.